The number of nitrogens with one attached hydrogen (secondary N) is 2. The van der Waals surface area contributed by atoms with Gasteiger partial charge < -0.3 is 20.3 Å². The van der Waals surface area contributed by atoms with E-state index in [9.17, 15) is 32.3 Å². The largest absolute Gasteiger partial charge is 0.573 e. The quantitative estimate of drug-likeness (QED) is 0.639. The number of halogens is 3. The Bertz CT molecular complexity index is 897. The zero-order chi connectivity index (χ0) is 23.5. The molecule has 2 fully saturated rings. The van der Waals surface area contributed by atoms with Crippen LogP contribution in [0, 0.1) is 0 Å². The minimum absolute atomic E-state index is 0.207. The van der Waals surface area contributed by atoms with Crippen molar-refractivity contribution in [3.05, 3.63) is 24.3 Å². The summed E-state index contributed by atoms with van der Waals surface area (Å²) in [5.74, 6) is -2.07. The molecule has 1 heterocycles. The number of ether oxygens (including phenoxy) is 1. The number of hydrogen-bond acceptors (Lipinski definition) is 5. The average Bonchev–Trinajstić information content (AvgIpc) is 2.92. The molecule has 0 radical (unpaired) electrons. The Labute approximate surface area is 181 Å². The van der Waals surface area contributed by atoms with Crippen molar-refractivity contribution in [3.63, 3.8) is 0 Å². The third-order valence-electron chi connectivity index (χ3n) is 5.42. The van der Waals surface area contributed by atoms with Crippen molar-refractivity contribution < 1.29 is 37.1 Å². The van der Waals surface area contributed by atoms with Crippen LogP contribution >= 0.6 is 0 Å². The van der Waals surface area contributed by atoms with Crippen LogP contribution in [0.15, 0.2) is 24.3 Å². The SMILES string of the molecule is CN(CC(=O)Nc1ccc(OC(F)(F)F)cc1)C(=O)CN1C(=O)NC2(CCCCC2)C1=O. The molecule has 0 unspecified atom stereocenters. The van der Waals surface area contributed by atoms with Crippen LogP contribution in [0.5, 0.6) is 5.75 Å². The number of anilines is 1. The summed E-state index contributed by atoms with van der Waals surface area (Å²) >= 11 is 0. The molecule has 1 aliphatic carbocycles. The molecule has 0 atom stereocenters. The van der Waals surface area contributed by atoms with Gasteiger partial charge in [0.2, 0.25) is 11.8 Å². The maximum atomic E-state index is 12.7. The molecule has 1 saturated carbocycles. The van der Waals surface area contributed by atoms with Crippen molar-refractivity contribution in [1.82, 2.24) is 15.1 Å². The Balaban J connectivity index is 1.51. The van der Waals surface area contributed by atoms with Gasteiger partial charge in [0, 0.05) is 12.7 Å². The van der Waals surface area contributed by atoms with Gasteiger partial charge in [-0.15, -0.1) is 13.2 Å². The van der Waals surface area contributed by atoms with Gasteiger partial charge in [-0.3, -0.25) is 19.3 Å². The minimum Gasteiger partial charge on any atom is -0.406 e. The van der Waals surface area contributed by atoms with Crippen LogP contribution in [0.2, 0.25) is 0 Å². The Kier molecular flexibility index (Phi) is 6.60. The summed E-state index contributed by atoms with van der Waals surface area (Å²) in [7, 11) is 1.34. The summed E-state index contributed by atoms with van der Waals surface area (Å²) in [5, 5.41) is 5.16. The molecule has 1 saturated heterocycles. The molecule has 5 amide bonds. The molecule has 1 aromatic rings. The molecule has 9 nitrogen and oxygen atoms in total. The van der Waals surface area contributed by atoms with Crippen LogP contribution in [-0.4, -0.2) is 65.6 Å². The van der Waals surface area contributed by atoms with Gasteiger partial charge in [-0.05, 0) is 37.1 Å². The fraction of sp³-hybridized carbons (Fsp3) is 0.500. The molecule has 0 bridgehead atoms. The van der Waals surface area contributed by atoms with E-state index in [-0.39, 0.29) is 12.2 Å². The smallest absolute Gasteiger partial charge is 0.406 e. The number of rotatable bonds is 6. The molecule has 2 N–H and O–H groups in total. The minimum atomic E-state index is -4.82. The number of carbonyl (C=O) groups excluding carboxylic acids is 4. The lowest BCUT2D eigenvalue weighted by molar-refractivity contribution is -0.274. The second-order valence-electron chi connectivity index (χ2n) is 7.83. The van der Waals surface area contributed by atoms with Gasteiger partial charge in [0.25, 0.3) is 5.91 Å². The molecule has 2 aliphatic rings. The van der Waals surface area contributed by atoms with Crippen molar-refractivity contribution in [2.45, 2.75) is 44.0 Å². The number of hydrogen-bond donors (Lipinski definition) is 2. The number of likely N-dealkylation sites (N-methyl/N-ethyl adjacent to an activating group) is 1. The van der Waals surface area contributed by atoms with E-state index in [0.29, 0.717) is 12.8 Å². The first-order chi connectivity index (χ1) is 15.0. The molecule has 1 aliphatic heterocycles. The lowest BCUT2D eigenvalue weighted by Gasteiger charge is -2.30. The number of carbonyl (C=O) groups is 4. The Morgan fingerprint density at radius 1 is 1.16 bits per heavy atom. The van der Waals surface area contributed by atoms with E-state index in [1.54, 1.807) is 0 Å². The monoisotopic (exact) mass is 456 g/mol. The zero-order valence-corrected chi connectivity index (χ0v) is 17.3. The van der Waals surface area contributed by atoms with Crippen LogP contribution < -0.4 is 15.4 Å². The van der Waals surface area contributed by atoms with Gasteiger partial charge in [-0.25, -0.2) is 4.79 Å². The molecule has 3 rings (SSSR count). The van der Waals surface area contributed by atoms with Crippen molar-refractivity contribution in [1.29, 1.82) is 0 Å². The number of benzene rings is 1. The number of urea groups is 1. The van der Waals surface area contributed by atoms with Gasteiger partial charge in [0.15, 0.2) is 0 Å². The molecule has 12 heteroatoms. The molecular weight excluding hydrogens is 433 g/mol. The van der Waals surface area contributed by atoms with E-state index < -0.39 is 47.9 Å². The summed E-state index contributed by atoms with van der Waals surface area (Å²) in [5.41, 5.74) is -0.730. The Morgan fingerprint density at radius 3 is 2.38 bits per heavy atom. The van der Waals surface area contributed by atoms with Crippen LogP contribution in [0.25, 0.3) is 0 Å². The highest BCUT2D eigenvalue weighted by Gasteiger charge is 2.51. The topological polar surface area (TPSA) is 108 Å². The molecular formula is C20H23F3N4O5. The highest BCUT2D eigenvalue weighted by molar-refractivity contribution is 6.09. The first-order valence-electron chi connectivity index (χ1n) is 10.0. The number of nitrogens with zero attached hydrogens (tertiary/aromatic N) is 2. The predicted molar refractivity (Wildman–Crippen MR) is 105 cm³/mol. The number of alkyl halides is 3. The Hall–Kier alpha value is -3.31. The highest BCUT2D eigenvalue weighted by Crippen LogP contribution is 2.33. The van der Waals surface area contributed by atoms with Gasteiger partial charge in [-0.1, -0.05) is 19.3 Å². The van der Waals surface area contributed by atoms with Crippen molar-refractivity contribution >= 4 is 29.4 Å². The fourth-order valence-electron chi connectivity index (χ4n) is 3.81. The van der Waals surface area contributed by atoms with Crippen LogP contribution in [0.4, 0.5) is 23.7 Å². The first kappa shape index (κ1) is 23.4. The van der Waals surface area contributed by atoms with Gasteiger partial charge in [0.1, 0.15) is 17.8 Å². The maximum Gasteiger partial charge on any atom is 0.573 e. The van der Waals surface area contributed by atoms with E-state index in [4.69, 9.17) is 0 Å². The molecule has 0 aromatic heterocycles. The summed E-state index contributed by atoms with van der Waals surface area (Å²) in [6.07, 6.45) is -1.13. The predicted octanol–water partition coefficient (Wildman–Crippen LogP) is 2.24. The normalized spacial score (nSPS) is 17.8. The second kappa shape index (κ2) is 9.05. The van der Waals surface area contributed by atoms with Crippen LogP contribution in [0.1, 0.15) is 32.1 Å². The van der Waals surface area contributed by atoms with Crippen LogP contribution in [0.3, 0.4) is 0 Å². The summed E-state index contributed by atoms with van der Waals surface area (Å²) in [4.78, 5) is 51.6. The van der Waals surface area contributed by atoms with E-state index in [1.807, 2.05) is 0 Å². The summed E-state index contributed by atoms with van der Waals surface area (Å²) < 4.78 is 40.3. The molecule has 1 spiro atoms. The lowest BCUT2D eigenvalue weighted by Crippen LogP contribution is -2.49. The average molecular weight is 456 g/mol. The van der Waals surface area contributed by atoms with E-state index >= 15 is 0 Å². The van der Waals surface area contributed by atoms with Crippen LogP contribution in [-0.2, 0) is 14.4 Å². The summed E-state index contributed by atoms with van der Waals surface area (Å²) in [6.45, 7) is -0.867. The third kappa shape index (κ3) is 5.48. The third-order valence-corrected chi connectivity index (χ3v) is 5.42. The molecule has 174 valence electrons. The Morgan fingerprint density at radius 2 is 1.78 bits per heavy atom. The van der Waals surface area contributed by atoms with E-state index in [2.05, 4.69) is 15.4 Å². The van der Waals surface area contributed by atoms with E-state index in [1.165, 1.54) is 19.2 Å². The van der Waals surface area contributed by atoms with Gasteiger partial charge in [0.05, 0.1) is 6.54 Å². The van der Waals surface area contributed by atoms with Crippen molar-refractivity contribution in [3.8, 4) is 5.75 Å². The number of imide groups is 1. The first-order valence-corrected chi connectivity index (χ1v) is 10.0. The molecule has 32 heavy (non-hydrogen) atoms. The number of amides is 5. The van der Waals surface area contributed by atoms with Crippen molar-refractivity contribution in [2.24, 2.45) is 0 Å². The standard InChI is InChI=1S/C20H23F3N4O5/c1-26(11-15(28)24-13-5-7-14(8-6-13)32-20(21,22)23)16(29)12-27-17(30)19(25-18(27)31)9-3-2-4-10-19/h5-8H,2-4,9-12H2,1H3,(H,24,28)(H,25,31). The van der Waals surface area contributed by atoms with Gasteiger partial charge in [-0.2, -0.15) is 0 Å². The second-order valence-corrected chi connectivity index (χ2v) is 7.83. The highest BCUT2D eigenvalue weighted by atomic mass is 19.4. The molecule has 1 aromatic carbocycles. The maximum absolute atomic E-state index is 12.7. The lowest BCUT2D eigenvalue weighted by atomic mass is 9.82. The zero-order valence-electron chi connectivity index (χ0n) is 17.3. The summed E-state index contributed by atoms with van der Waals surface area (Å²) in [6, 6.07) is 3.90. The van der Waals surface area contributed by atoms with Gasteiger partial charge >= 0.3 is 12.4 Å². The van der Waals surface area contributed by atoms with E-state index in [0.717, 1.165) is 41.2 Å². The van der Waals surface area contributed by atoms with Crippen molar-refractivity contribution in [2.75, 3.05) is 25.5 Å². The fourth-order valence-corrected chi connectivity index (χ4v) is 3.81.